The van der Waals surface area contributed by atoms with Gasteiger partial charge in [0, 0.05) is 71.1 Å². The predicted octanol–water partition coefficient (Wildman–Crippen LogP) is 2.57. The van der Waals surface area contributed by atoms with Gasteiger partial charge >= 0.3 is 11.9 Å². The van der Waals surface area contributed by atoms with Crippen LogP contribution >= 0.6 is 0 Å². The third-order valence-corrected chi connectivity index (χ3v) is 3.61. The summed E-state index contributed by atoms with van der Waals surface area (Å²) in [5, 5.41) is 18.9. The summed E-state index contributed by atoms with van der Waals surface area (Å²) in [5.74, 6) is -2.35. The van der Waals surface area contributed by atoms with E-state index in [4.69, 9.17) is 0 Å². The minimum Gasteiger partial charge on any atom is -0.478 e. The van der Waals surface area contributed by atoms with Gasteiger partial charge in [0.25, 0.3) is 0 Å². The molecule has 0 aliphatic carbocycles. The van der Waals surface area contributed by atoms with Gasteiger partial charge in [-0.3, -0.25) is 0 Å². The third kappa shape index (κ3) is 7.90. The summed E-state index contributed by atoms with van der Waals surface area (Å²) in [5.41, 5.74) is 1.67. The molecule has 0 fully saturated rings. The smallest absolute Gasteiger partial charge is 0.332 e. The van der Waals surface area contributed by atoms with E-state index < -0.39 is 11.9 Å². The molecular formula is C19H18Na2O4. The van der Waals surface area contributed by atoms with Crippen molar-refractivity contribution in [2.24, 2.45) is 0 Å². The zero-order valence-corrected chi connectivity index (χ0v) is 18.6. The topological polar surface area (TPSA) is 74.6 Å². The molecule has 0 aliphatic rings. The largest absolute Gasteiger partial charge is 0.478 e. The van der Waals surface area contributed by atoms with Gasteiger partial charge in [-0.2, -0.15) is 0 Å². The van der Waals surface area contributed by atoms with Gasteiger partial charge in [-0.1, -0.05) is 60.7 Å². The van der Waals surface area contributed by atoms with Gasteiger partial charge in [-0.05, 0) is 24.0 Å². The molecule has 2 radical (unpaired) electrons. The molecule has 2 aromatic carbocycles. The summed E-state index contributed by atoms with van der Waals surface area (Å²) >= 11 is 0. The molecule has 120 valence electrons. The average molecular weight is 356 g/mol. The van der Waals surface area contributed by atoms with E-state index in [9.17, 15) is 19.8 Å². The molecule has 0 unspecified atom stereocenters. The Hall–Kier alpha value is -0.880. The Kier molecular flexibility index (Phi) is 12.0. The molecule has 0 spiro atoms. The summed E-state index contributed by atoms with van der Waals surface area (Å²) in [6.45, 7) is 0. The van der Waals surface area contributed by atoms with Crippen molar-refractivity contribution in [2.45, 2.75) is 19.3 Å². The fourth-order valence-corrected chi connectivity index (χ4v) is 2.41. The minimum absolute atomic E-state index is 0. The molecule has 2 aromatic rings. The first-order chi connectivity index (χ1) is 11.1. The average Bonchev–Trinajstić information content (AvgIpc) is 2.55. The Morgan fingerprint density at radius 2 is 1.12 bits per heavy atom. The first kappa shape index (κ1) is 24.1. The fraction of sp³-hybridized carbons (Fsp3) is 0.158. The van der Waals surface area contributed by atoms with Gasteiger partial charge in [-0.15, -0.1) is 0 Å². The van der Waals surface area contributed by atoms with Crippen LogP contribution in [0.5, 0.6) is 0 Å². The number of benzene rings is 2. The zero-order valence-electron chi connectivity index (χ0n) is 14.6. The first-order valence-electron chi connectivity index (χ1n) is 7.34. The molecular weight excluding hydrogens is 338 g/mol. The van der Waals surface area contributed by atoms with E-state index in [0.717, 1.165) is 11.1 Å². The fourth-order valence-electron chi connectivity index (χ4n) is 2.41. The molecule has 0 aliphatic heterocycles. The Morgan fingerprint density at radius 3 is 1.56 bits per heavy atom. The molecule has 25 heavy (non-hydrogen) atoms. The first-order valence-corrected chi connectivity index (χ1v) is 7.34. The van der Waals surface area contributed by atoms with Crippen molar-refractivity contribution in [2.75, 3.05) is 0 Å². The van der Waals surface area contributed by atoms with Gasteiger partial charge in [0.2, 0.25) is 0 Å². The molecule has 0 atom stereocenters. The minimum atomic E-state index is -1.18. The summed E-state index contributed by atoms with van der Waals surface area (Å²) < 4.78 is 0. The molecule has 6 heteroatoms. The van der Waals surface area contributed by atoms with Gasteiger partial charge in [0.1, 0.15) is 0 Å². The quantitative estimate of drug-likeness (QED) is 0.591. The zero-order chi connectivity index (χ0) is 16.7. The van der Waals surface area contributed by atoms with Gasteiger partial charge in [0.05, 0.1) is 5.57 Å². The number of carbonyl (C=O) groups is 2. The van der Waals surface area contributed by atoms with Crippen molar-refractivity contribution < 1.29 is 19.8 Å². The van der Waals surface area contributed by atoms with Crippen molar-refractivity contribution in [1.29, 1.82) is 0 Å². The van der Waals surface area contributed by atoms with E-state index in [1.807, 2.05) is 36.4 Å². The van der Waals surface area contributed by atoms with Crippen LogP contribution in [0, 0.1) is 0 Å². The number of hydrogen-bond acceptors (Lipinski definition) is 2. The van der Waals surface area contributed by atoms with E-state index in [1.54, 1.807) is 24.3 Å². The Morgan fingerprint density at radius 1 is 0.680 bits per heavy atom. The maximum atomic E-state index is 11.5. The van der Waals surface area contributed by atoms with Crippen LogP contribution in [0.3, 0.4) is 0 Å². The van der Waals surface area contributed by atoms with Crippen LogP contribution in [0.4, 0.5) is 0 Å². The van der Waals surface area contributed by atoms with Crippen molar-refractivity contribution in [3.05, 3.63) is 82.9 Å². The molecule has 0 saturated carbocycles. The summed E-state index contributed by atoms with van der Waals surface area (Å²) in [4.78, 5) is 23.1. The van der Waals surface area contributed by atoms with Crippen LogP contribution < -0.4 is 0 Å². The number of hydrogen-bond donors (Lipinski definition) is 2. The van der Waals surface area contributed by atoms with Crippen molar-refractivity contribution in [3.63, 3.8) is 0 Å². The maximum absolute atomic E-state index is 11.5. The second-order valence-electron chi connectivity index (χ2n) is 5.22. The van der Waals surface area contributed by atoms with E-state index in [1.165, 1.54) is 0 Å². The van der Waals surface area contributed by atoms with Crippen molar-refractivity contribution in [1.82, 2.24) is 0 Å². The van der Waals surface area contributed by atoms with Gasteiger partial charge in [-0.25, -0.2) is 9.59 Å². The molecule has 2 N–H and O–H groups in total. The van der Waals surface area contributed by atoms with Crippen molar-refractivity contribution >= 4 is 71.1 Å². The van der Waals surface area contributed by atoms with E-state index in [0.29, 0.717) is 6.42 Å². The monoisotopic (exact) mass is 356 g/mol. The molecule has 0 amide bonds. The normalized spacial score (nSPS) is 10.7. The Labute approximate surface area is 191 Å². The van der Waals surface area contributed by atoms with Crippen LogP contribution in [0.2, 0.25) is 0 Å². The standard InChI is InChI=1S/C19H18O4.2Na/c20-18(21)16(12-11-14-7-3-1-4-8-14)17(19(22)23)13-15-9-5-2-6-10-15;;/h1-10H,11-13H2,(H,20,21)(H,22,23);;. The third-order valence-electron chi connectivity index (χ3n) is 3.61. The number of aliphatic carboxylic acids is 2. The molecule has 4 nitrogen and oxygen atoms in total. The second kappa shape index (κ2) is 12.5. The molecule has 0 bridgehead atoms. The molecule has 2 rings (SSSR count). The van der Waals surface area contributed by atoms with E-state index in [2.05, 4.69) is 0 Å². The van der Waals surface area contributed by atoms with Crippen LogP contribution in [0.1, 0.15) is 17.5 Å². The summed E-state index contributed by atoms with van der Waals surface area (Å²) in [6, 6.07) is 18.5. The predicted molar refractivity (Wildman–Crippen MR) is 98.7 cm³/mol. The Balaban J connectivity index is 0.00000288. The Bertz CT molecular complexity index is 713. The molecule has 0 saturated heterocycles. The van der Waals surface area contributed by atoms with E-state index in [-0.39, 0.29) is 83.1 Å². The number of carboxylic acid groups (broad SMARTS) is 2. The summed E-state index contributed by atoms with van der Waals surface area (Å²) in [6.07, 6.45) is 0.786. The van der Waals surface area contributed by atoms with Crippen LogP contribution in [0.25, 0.3) is 0 Å². The number of carboxylic acids is 2. The summed E-state index contributed by atoms with van der Waals surface area (Å²) in [7, 11) is 0. The molecule has 0 heterocycles. The van der Waals surface area contributed by atoms with Crippen molar-refractivity contribution in [3.8, 4) is 0 Å². The van der Waals surface area contributed by atoms with Crippen LogP contribution in [-0.4, -0.2) is 81.3 Å². The number of aryl methyl sites for hydroxylation is 1. The SMILES string of the molecule is O=C(O)C(CCc1ccccc1)=C(Cc1ccccc1)C(=O)O.[Na].[Na]. The number of rotatable bonds is 7. The van der Waals surface area contributed by atoms with E-state index >= 15 is 0 Å². The second-order valence-corrected chi connectivity index (χ2v) is 5.22. The van der Waals surface area contributed by atoms with Gasteiger partial charge in [0.15, 0.2) is 0 Å². The molecule has 0 aromatic heterocycles. The van der Waals surface area contributed by atoms with Crippen LogP contribution in [0.15, 0.2) is 71.8 Å². The maximum Gasteiger partial charge on any atom is 0.332 e. The van der Waals surface area contributed by atoms with Gasteiger partial charge < -0.3 is 10.2 Å². The van der Waals surface area contributed by atoms with Crippen LogP contribution in [-0.2, 0) is 22.4 Å².